The molecule has 0 rings (SSSR count). The lowest BCUT2D eigenvalue weighted by molar-refractivity contribution is 0.314. The Bertz CT molecular complexity index is 219. The van der Waals surface area contributed by atoms with Crippen LogP contribution in [0.2, 0.25) is 0 Å². The topological polar surface area (TPSA) is 46.5 Å². The maximum atomic E-state index is 11.2. The molecular weight excluding hydrogens is 247 g/mol. The van der Waals surface area contributed by atoms with E-state index >= 15 is 0 Å². The second kappa shape index (κ2) is 12.2. The van der Waals surface area contributed by atoms with Crippen LogP contribution in [-0.2, 0) is 9.09 Å². The van der Waals surface area contributed by atoms with Gasteiger partial charge in [-0.3, -0.25) is 4.57 Å². The van der Waals surface area contributed by atoms with Crippen molar-refractivity contribution < 1.29 is 14.0 Å². The van der Waals surface area contributed by atoms with E-state index in [9.17, 15) is 9.46 Å². The molecule has 1 atom stereocenters. The van der Waals surface area contributed by atoms with E-state index in [4.69, 9.17) is 0 Å². The highest BCUT2D eigenvalue weighted by Gasteiger charge is 2.15. The molecule has 3 nitrogen and oxygen atoms in total. The van der Waals surface area contributed by atoms with Crippen LogP contribution < -0.4 is 0 Å². The first-order valence-corrected chi connectivity index (χ1v) is 9.26. The van der Waals surface area contributed by atoms with E-state index < -0.39 is 7.60 Å². The van der Waals surface area contributed by atoms with Crippen LogP contribution in [0.15, 0.2) is 0 Å². The summed E-state index contributed by atoms with van der Waals surface area (Å²) >= 11 is 0. The van der Waals surface area contributed by atoms with Crippen molar-refractivity contribution in [2.45, 2.75) is 77.6 Å². The lowest BCUT2D eigenvalue weighted by atomic mass is 10.1. The first-order chi connectivity index (χ1) is 8.62. The summed E-state index contributed by atoms with van der Waals surface area (Å²) < 4.78 is 15.7. The Morgan fingerprint density at radius 2 is 1.22 bits per heavy atom. The summed E-state index contributed by atoms with van der Waals surface area (Å²) in [6.45, 7) is 2.24. The molecule has 0 saturated heterocycles. The van der Waals surface area contributed by atoms with Gasteiger partial charge in [-0.05, 0) is 6.42 Å². The molecule has 0 bridgehead atoms. The lowest BCUT2D eigenvalue weighted by Gasteiger charge is -2.07. The molecule has 1 N–H and O–H groups in total. The molecule has 0 aliphatic rings. The van der Waals surface area contributed by atoms with Crippen LogP contribution in [0.1, 0.15) is 77.6 Å². The maximum absolute atomic E-state index is 11.2. The predicted molar refractivity (Wildman–Crippen MR) is 78.2 cm³/mol. The van der Waals surface area contributed by atoms with Gasteiger partial charge in [-0.25, -0.2) is 0 Å². The summed E-state index contributed by atoms with van der Waals surface area (Å²) in [4.78, 5) is 9.20. The van der Waals surface area contributed by atoms with E-state index in [0.717, 1.165) is 12.8 Å². The zero-order chi connectivity index (χ0) is 13.7. The maximum Gasteiger partial charge on any atom is 0.327 e. The highest BCUT2D eigenvalue weighted by Crippen LogP contribution is 2.41. The summed E-state index contributed by atoms with van der Waals surface area (Å²) in [5, 5.41) is 0. The van der Waals surface area contributed by atoms with Crippen molar-refractivity contribution in [3.63, 3.8) is 0 Å². The summed E-state index contributed by atoms with van der Waals surface area (Å²) in [5.74, 6) is 0. The van der Waals surface area contributed by atoms with Gasteiger partial charge in [0.1, 0.15) is 0 Å². The smallest absolute Gasteiger partial charge is 0.324 e. The molecule has 110 valence electrons. The average Bonchev–Trinajstić information content (AvgIpc) is 2.36. The van der Waals surface area contributed by atoms with Crippen molar-refractivity contribution in [2.24, 2.45) is 0 Å². The van der Waals surface area contributed by atoms with Crippen LogP contribution in [0.5, 0.6) is 0 Å². The quantitative estimate of drug-likeness (QED) is 0.375. The summed E-state index contributed by atoms with van der Waals surface area (Å²) in [7, 11) is -1.95. The van der Waals surface area contributed by atoms with E-state index in [1.54, 1.807) is 0 Å². The fraction of sp³-hybridized carbons (Fsp3) is 1.00. The Labute approximate surface area is 113 Å². The molecule has 4 heteroatoms. The molecule has 0 saturated carbocycles. The van der Waals surface area contributed by atoms with Gasteiger partial charge in [0.05, 0.1) is 0 Å². The van der Waals surface area contributed by atoms with Crippen molar-refractivity contribution >= 4 is 7.60 Å². The van der Waals surface area contributed by atoms with Gasteiger partial charge in [-0.2, -0.15) is 0 Å². The van der Waals surface area contributed by atoms with Crippen LogP contribution in [0.3, 0.4) is 0 Å². The van der Waals surface area contributed by atoms with Crippen molar-refractivity contribution in [3.05, 3.63) is 0 Å². The van der Waals surface area contributed by atoms with Crippen LogP contribution in [0.4, 0.5) is 0 Å². The van der Waals surface area contributed by atoms with Crippen LogP contribution in [0.25, 0.3) is 0 Å². The Morgan fingerprint density at radius 3 is 1.61 bits per heavy atom. The third-order valence-corrected chi connectivity index (χ3v) is 4.78. The van der Waals surface area contributed by atoms with Gasteiger partial charge < -0.3 is 9.42 Å². The molecule has 0 radical (unpaired) electrons. The standard InChI is InChI=1S/C14H31O3P/c1-3-4-5-6-7-8-9-10-11-12-13-14-18(15,16)17-2/h3-14H2,1-2H3,(H,15,16). The molecule has 0 aromatic rings. The fourth-order valence-corrected chi connectivity index (χ4v) is 2.87. The summed E-state index contributed by atoms with van der Waals surface area (Å²) in [5.41, 5.74) is 0. The van der Waals surface area contributed by atoms with Crippen LogP contribution >= 0.6 is 7.60 Å². The second-order valence-electron chi connectivity index (χ2n) is 5.08. The number of rotatable bonds is 13. The van der Waals surface area contributed by atoms with E-state index in [1.165, 1.54) is 64.9 Å². The zero-order valence-corrected chi connectivity index (χ0v) is 13.1. The highest BCUT2D eigenvalue weighted by atomic mass is 31.2. The minimum absolute atomic E-state index is 0.306. The first-order valence-electron chi connectivity index (χ1n) is 7.50. The first kappa shape index (κ1) is 18.1. The number of hydrogen-bond donors (Lipinski definition) is 1. The fourth-order valence-electron chi connectivity index (χ4n) is 2.07. The third-order valence-electron chi connectivity index (χ3n) is 3.33. The molecule has 0 fully saturated rings. The van der Waals surface area contributed by atoms with Crippen molar-refractivity contribution in [1.29, 1.82) is 0 Å². The van der Waals surface area contributed by atoms with E-state index in [1.807, 2.05) is 0 Å². The molecular formula is C14H31O3P. The average molecular weight is 278 g/mol. The largest absolute Gasteiger partial charge is 0.327 e. The zero-order valence-electron chi connectivity index (χ0n) is 12.2. The highest BCUT2D eigenvalue weighted by molar-refractivity contribution is 7.52. The van der Waals surface area contributed by atoms with E-state index in [2.05, 4.69) is 11.4 Å². The molecule has 0 amide bonds. The Balaban J connectivity index is 3.10. The minimum Gasteiger partial charge on any atom is -0.324 e. The Hall–Kier alpha value is 0.150. The normalized spacial score (nSPS) is 14.6. The van der Waals surface area contributed by atoms with Gasteiger partial charge in [-0.1, -0.05) is 71.1 Å². The molecule has 0 spiro atoms. The van der Waals surface area contributed by atoms with Crippen LogP contribution in [-0.4, -0.2) is 18.2 Å². The molecule has 0 aromatic carbocycles. The molecule has 0 heterocycles. The molecule has 0 aromatic heterocycles. The van der Waals surface area contributed by atoms with E-state index in [-0.39, 0.29) is 0 Å². The number of unbranched alkanes of at least 4 members (excludes halogenated alkanes) is 10. The van der Waals surface area contributed by atoms with Gasteiger partial charge >= 0.3 is 7.60 Å². The van der Waals surface area contributed by atoms with Crippen LogP contribution in [0, 0.1) is 0 Å². The van der Waals surface area contributed by atoms with E-state index in [0.29, 0.717) is 6.16 Å². The van der Waals surface area contributed by atoms with Crippen molar-refractivity contribution in [3.8, 4) is 0 Å². The molecule has 0 aliphatic heterocycles. The monoisotopic (exact) mass is 278 g/mol. The minimum atomic E-state index is -3.25. The van der Waals surface area contributed by atoms with Gasteiger partial charge in [0.2, 0.25) is 0 Å². The third kappa shape index (κ3) is 12.6. The molecule has 1 unspecified atom stereocenters. The van der Waals surface area contributed by atoms with Gasteiger partial charge in [0, 0.05) is 13.3 Å². The Kier molecular flexibility index (Phi) is 12.3. The number of hydrogen-bond acceptors (Lipinski definition) is 2. The van der Waals surface area contributed by atoms with Gasteiger partial charge in [-0.15, -0.1) is 0 Å². The SMILES string of the molecule is CCCCCCCCCCCCCP(=O)(O)OC. The Morgan fingerprint density at radius 1 is 0.833 bits per heavy atom. The van der Waals surface area contributed by atoms with Gasteiger partial charge in [0.25, 0.3) is 0 Å². The predicted octanol–water partition coefficient (Wildman–Crippen LogP) is 5.13. The lowest BCUT2D eigenvalue weighted by Crippen LogP contribution is -1.91. The van der Waals surface area contributed by atoms with Crippen molar-refractivity contribution in [1.82, 2.24) is 0 Å². The summed E-state index contributed by atoms with van der Waals surface area (Å²) in [6, 6.07) is 0. The molecule has 18 heavy (non-hydrogen) atoms. The summed E-state index contributed by atoms with van der Waals surface area (Å²) in [6.07, 6.45) is 14.1. The van der Waals surface area contributed by atoms with Gasteiger partial charge in [0.15, 0.2) is 0 Å². The second-order valence-corrected chi connectivity index (χ2v) is 7.17. The molecule has 0 aliphatic carbocycles. The van der Waals surface area contributed by atoms with Crippen molar-refractivity contribution in [2.75, 3.05) is 13.3 Å².